The number of hydrogen-bond acceptors (Lipinski definition) is 3. The van der Waals surface area contributed by atoms with Gasteiger partial charge in [0.1, 0.15) is 0 Å². The molecule has 6 nitrogen and oxygen atoms in total. The van der Waals surface area contributed by atoms with Crippen molar-refractivity contribution in [2.24, 2.45) is 0 Å². The summed E-state index contributed by atoms with van der Waals surface area (Å²) in [7, 11) is 1.59. The molecule has 0 saturated heterocycles. The average molecular weight is 261 g/mol. The highest BCUT2D eigenvalue weighted by Crippen LogP contribution is 2.19. The van der Waals surface area contributed by atoms with Crippen molar-refractivity contribution >= 4 is 22.8 Å². The van der Waals surface area contributed by atoms with E-state index in [9.17, 15) is 9.59 Å². The van der Waals surface area contributed by atoms with Crippen LogP contribution < -0.4 is 0 Å². The van der Waals surface area contributed by atoms with Crippen molar-refractivity contribution < 1.29 is 14.7 Å². The number of carbonyl (C=O) groups excluding carboxylic acids is 1. The van der Waals surface area contributed by atoms with Crippen molar-refractivity contribution in [2.45, 2.75) is 13.3 Å². The van der Waals surface area contributed by atoms with Gasteiger partial charge in [-0.3, -0.25) is 14.7 Å². The normalized spacial score (nSPS) is 10.6. The molecule has 0 fully saturated rings. The summed E-state index contributed by atoms with van der Waals surface area (Å²) in [4.78, 5) is 24.2. The summed E-state index contributed by atoms with van der Waals surface area (Å²) in [6.07, 6.45) is 1.59. The van der Waals surface area contributed by atoms with Crippen molar-refractivity contribution in [3.8, 4) is 0 Å². The van der Waals surface area contributed by atoms with E-state index in [1.807, 2.05) is 13.0 Å². The number of aliphatic carboxylic acids is 1. The van der Waals surface area contributed by atoms with Gasteiger partial charge >= 0.3 is 5.97 Å². The molecule has 0 atom stereocenters. The summed E-state index contributed by atoms with van der Waals surface area (Å²) in [6, 6.07) is 3.72. The molecule has 1 aromatic carbocycles. The number of aryl methyl sites for hydroxylation is 1. The molecule has 1 heterocycles. The third-order valence-corrected chi connectivity index (χ3v) is 2.93. The Bertz CT molecular complexity index is 633. The second kappa shape index (κ2) is 5.09. The number of H-pyrrole nitrogens is 1. The van der Waals surface area contributed by atoms with Crippen LogP contribution in [0, 0.1) is 6.92 Å². The van der Waals surface area contributed by atoms with Gasteiger partial charge in [-0.25, -0.2) is 0 Å². The van der Waals surface area contributed by atoms with E-state index < -0.39 is 5.97 Å². The number of rotatable bonds is 4. The molecule has 0 radical (unpaired) electrons. The van der Waals surface area contributed by atoms with Gasteiger partial charge in [0.05, 0.1) is 23.7 Å². The zero-order chi connectivity index (χ0) is 14.0. The van der Waals surface area contributed by atoms with Crippen molar-refractivity contribution in [2.75, 3.05) is 13.6 Å². The van der Waals surface area contributed by atoms with Crippen LogP contribution in [0.5, 0.6) is 0 Å². The first-order chi connectivity index (χ1) is 8.99. The maximum atomic E-state index is 12.3. The van der Waals surface area contributed by atoms with E-state index in [0.717, 1.165) is 10.9 Å². The van der Waals surface area contributed by atoms with Crippen molar-refractivity contribution in [1.29, 1.82) is 0 Å². The van der Waals surface area contributed by atoms with E-state index in [4.69, 9.17) is 5.11 Å². The predicted molar refractivity (Wildman–Crippen MR) is 70.0 cm³/mol. The Morgan fingerprint density at radius 3 is 2.84 bits per heavy atom. The van der Waals surface area contributed by atoms with Crippen LogP contribution in [0.2, 0.25) is 0 Å². The van der Waals surface area contributed by atoms with E-state index >= 15 is 0 Å². The Morgan fingerprint density at radius 1 is 1.42 bits per heavy atom. The first-order valence-electron chi connectivity index (χ1n) is 5.90. The lowest BCUT2D eigenvalue weighted by molar-refractivity contribution is -0.137. The Morgan fingerprint density at radius 2 is 2.16 bits per heavy atom. The lowest BCUT2D eigenvalue weighted by Crippen LogP contribution is -2.29. The molecule has 0 aliphatic heterocycles. The quantitative estimate of drug-likeness (QED) is 0.871. The number of carboxylic acids is 1. The molecule has 0 unspecified atom stereocenters. The molecule has 0 spiro atoms. The third-order valence-electron chi connectivity index (χ3n) is 2.93. The third kappa shape index (κ3) is 2.73. The van der Waals surface area contributed by atoms with E-state index in [1.165, 1.54) is 4.90 Å². The van der Waals surface area contributed by atoms with Gasteiger partial charge in [0.2, 0.25) is 0 Å². The van der Waals surface area contributed by atoms with Crippen LogP contribution in [0.25, 0.3) is 10.9 Å². The molecule has 19 heavy (non-hydrogen) atoms. The smallest absolute Gasteiger partial charge is 0.305 e. The first-order valence-corrected chi connectivity index (χ1v) is 5.90. The van der Waals surface area contributed by atoms with Crippen LogP contribution in [0.4, 0.5) is 0 Å². The van der Waals surface area contributed by atoms with Gasteiger partial charge in [-0.1, -0.05) is 0 Å². The zero-order valence-corrected chi connectivity index (χ0v) is 10.8. The minimum Gasteiger partial charge on any atom is -0.481 e. The van der Waals surface area contributed by atoms with Crippen LogP contribution in [0.1, 0.15) is 22.3 Å². The summed E-state index contributed by atoms with van der Waals surface area (Å²) in [6.45, 7) is 2.08. The Hall–Kier alpha value is -2.37. The second-order valence-corrected chi connectivity index (χ2v) is 4.52. The van der Waals surface area contributed by atoms with Crippen LogP contribution in [0.3, 0.4) is 0 Å². The van der Waals surface area contributed by atoms with Gasteiger partial charge in [-0.05, 0) is 24.6 Å². The van der Waals surface area contributed by atoms with Gasteiger partial charge in [0.25, 0.3) is 5.91 Å². The molecular weight excluding hydrogens is 246 g/mol. The number of carbonyl (C=O) groups is 2. The number of nitrogens with zero attached hydrogens (tertiary/aromatic N) is 2. The average Bonchev–Trinajstić information content (AvgIpc) is 2.81. The van der Waals surface area contributed by atoms with Crippen LogP contribution in [0.15, 0.2) is 18.3 Å². The molecule has 2 aromatic rings. The van der Waals surface area contributed by atoms with Gasteiger partial charge in [0, 0.05) is 19.0 Å². The summed E-state index contributed by atoms with van der Waals surface area (Å²) < 4.78 is 0. The number of fused-ring (bicyclic) bond motifs is 1. The van der Waals surface area contributed by atoms with Crippen LogP contribution >= 0.6 is 0 Å². The SMILES string of the molecule is Cc1cc(C(=O)N(C)CCC(=O)O)c2[nH]ncc2c1. The number of benzene rings is 1. The topological polar surface area (TPSA) is 86.3 Å². The highest BCUT2D eigenvalue weighted by Gasteiger charge is 2.17. The molecule has 2 N–H and O–H groups in total. The number of hydrogen-bond donors (Lipinski definition) is 2. The largest absolute Gasteiger partial charge is 0.481 e. The van der Waals surface area contributed by atoms with E-state index in [-0.39, 0.29) is 18.9 Å². The summed E-state index contributed by atoms with van der Waals surface area (Å²) >= 11 is 0. The van der Waals surface area contributed by atoms with Crippen LogP contribution in [-0.4, -0.2) is 45.7 Å². The second-order valence-electron chi connectivity index (χ2n) is 4.52. The molecule has 0 aliphatic carbocycles. The molecule has 2 rings (SSSR count). The van der Waals surface area contributed by atoms with Crippen molar-refractivity contribution in [3.05, 3.63) is 29.5 Å². The van der Waals surface area contributed by atoms with E-state index in [1.54, 1.807) is 19.3 Å². The summed E-state index contributed by atoms with van der Waals surface area (Å²) in [5, 5.41) is 16.2. The predicted octanol–water partition coefficient (Wildman–Crippen LogP) is 1.42. The highest BCUT2D eigenvalue weighted by molar-refractivity contribution is 6.05. The number of carboxylic acid groups (broad SMARTS) is 1. The fourth-order valence-electron chi connectivity index (χ4n) is 1.95. The number of aromatic nitrogens is 2. The standard InChI is InChI=1S/C13H15N3O3/c1-8-5-9-7-14-15-12(9)10(6-8)13(19)16(2)4-3-11(17)18/h5-7H,3-4H2,1-2H3,(H,14,15)(H,17,18). The van der Waals surface area contributed by atoms with Crippen molar-refractivity contribution in [1.82, 2.24) is 15.1 Å². The molecule has 0 saturated carbocycles. The first kappa shape index (κ1) is 13.1. The lowest BCUT2D eigenvalue weighted by Gasteiger charge is -2.16. The fourth-order valence-corrected chi connectivity index (χ4v) is 1.95. The zero-order valence-electron chi connectivity index (χ0n) is 10.8. The summed E-state index contributed by atoms with van der Waals surface area (Å²) in [5.41, 5.74) is 2.15. The van der Waals surface area contributed by atoms with Gasteiger partial charge < -0.3 is 10.0 Å². The maximum absolute atomic E-state index is 12.3. The molecule has 100 valence electrons. The minimum absolute atomic E-state index is 0.0693. The van der Waals surface area contributed by atoms with Gasteiger partial charge in [-0.15, -0.1) is 0 Å². The molecule has 0 bridgehead atoms. The Labute approximate surface area is 110 Å². The van der Waals surface area contributed by atoms with Crippen LogP contribution in [-0.2, 0) is 4.79 Å². The summed E-state index contributed by atoms with van der Waals surface area (Å²) in [5.74, 6) is -1.13. The monoisotopic (exact) mass is 261 g/mol. The lowest BCUT2D eigenvalue weighted by atomic mass is 10.1. The van der Waals surface area contributed by atoms with Gasteiger partial charge in [0.15, 0.2) is 0 Å². The minimum atomic E-state index is -0.921. The highest BCUT2D eigenvalue weighted by atomic mass is 16.4. The van der Waals surface area contributed by atoms with Crippen molar-refractivity contribution in [3.63, 3.8) is 0 Å². The number of aromatic amines is 1. The number of amides is 1. The maximum Gasteiger partial charge on any atom is 0.305 e. The van der Waals surface area contributed by atoms with E-state index in [0.29, 0.717) is 11.1 Å². The van der Waals surface area contributed by atoms with E-state index in [2.05, 4.69) is 10.2 Å². The molecule has 6 heteroatoms. The Kier molecular flexibility index (Phi) is 3.50. The molecule has 1 amide bonds. The fraction of sp³-hybridized carbons (Fsp3) is 0.308. The molecule has 0 aliphatic rings. The number of nitrogens with one attached hydrogen (secondary N) is 1. The van der Waals surface area contributed by atoms with Gasteiger partial charge in [-0.2, -0.15) is 5.10 Å². The Balaban J connectivity index is 2.30. The molecular formula is C13H15N3O3. The molecule has 1 aromatic heterocycles.